The van der Waals surface area contributed by atoms with Crippen molar-refractivity contribution < 1.29 is 14.7 Å². The van der Waals surface area contributed by atoms with Gasteiger partial charge in [-0.15, -0.1) is 0 Å². The number of anilines is 1. The number of H-pyrrole nitrogens is 1. The lowest BCUT2D eigenvalue weighted by atomic mass is 9.80. The lowest BCUT2D eigenvalue weighted by Gasteiger charge is -2.32. The van der Waals surface area contributed by atoms with Gasteiger partial charge in [-0.1, -0.05) is 30.8 Å². The van der Waals surface area contributed by atoms with Crippen molar-refractivity contribution >= 4 is 17.0 Å². The fourth-order valence-electron chi connectivity index (χ4n) is 5.01. The van der Waals surface area contributed by atoms with E-state index in [1.54, 1.807) is 0 Å². The topological polar surface area (TPSA) is 155 Å². The summed E-state index contributed by atoms with van der Waals surface area (Å²) in [6.45, 7) is 2.38. The van der Waals surface area contributed by atoms with Gasteiger partial charge in [-0.2, -0.15) is 0 Å². The van der Waals surface area contributed by atoms with Gasteiger partial charge in [0.1, 0.15) is 17.4 Å². The number of fused-ring (bicyclic) bond motifs is 1. The molecule has 5 rings (SSSR count). The standard InChI is InChI=1S/C22H31N7O4/c1-12(14-8-5-9-14)23-17-16-18(25-19(24-17)20-27-22(32)33-28-20)26-21(15(31)11-30)29(16)10-13-6-3-2-4-7-13/h12-15,30-31H,2-11H2,1H3,(H,23,24,25)(H,27,28,32)/t12-,15?/m1/s1. The van der Waals surface area contributed by atoms with Gasteiger partial charge in [-0.05, 0) is 44.4 Å². The van der Waals surface area contributed by atoms with Gasteiger partial charge in [0.2, 0.25) is 11.6 Å². The van der Waals surface area contributed by atoms with Crippen molar-refractivity contribution in [1.29, 1.82) is 0 Å². The molecular weight excluding hydrogens is 426 g/mol. The molecule has 0 bridgehead atoms. The molecule has 11 nitrogen and oxygen atoms in total. The molecule has 0 aliphatic heterocycles. The van der Waals surface area contributed by atoms with Crippen molar-refractivity contribution in [1.82, 2.24) is 29.7 Å². The molecule has 11 heteroatoms. The smallest absolute Gasteiger partial charge is 0.393 e. The molecule has 3 aromatic heterocycles. The van der Waals surface area contributed by atoms with Crippen LogP contribution in [0.25, 0.3) is 22.8 Å². The van der Waals surface area contributed by atoms with Crippen LogP contribution in [0.5, 0.6) is 0 Å². The number of aliphatic hydroxyl groups is 2. The molecule has 4 N–H and O–H groups in total. The number of nitrogens with zero attached hydrogens (tertiary/aromatic N) is 5. The Morgan fingerprint density at radius 3 is 2.58 bits per heavy atom. The SMILES string of the molecule is C[C@@H](Nc1nc(-c2noc(=O)[nH]2)nc2nc(C(O)CO)n(CC3CCCCC3)c12)C1CCC1. The Morgan fingerprint density at radius 1 is 1.15 bits per heavy atom. The normalized spacial score (nSPS) is 19.5. The first kappa shape index (κ1) is 22.0. The molecule has 2 fully saturated rings. The van der Waals surface area contributed by atoms with Crippen molar-refractivity contribution in [2.75, 3.05) is 11.9 Å². The second kappa shape index (κ2) is 9.22. The minimum absolute atomic E-state index is 0.118. The van der Waals surface area contributed by atoms with E-state index >= 15 is 0 Å². The minimum atomic E-state index is -1.13. The van der Waals surface area contributed by atoms with Gasteiger partial charge in [-0.25, -0.2) is 19.7 Å². The third-order valence-electron chi connectivity index (χ3n) is 7.14. The molecule has 0 radical (unpaired) electrons. The average molecular weight is 458 g/mol. The lowest BCUT2D eigenvalue weighted by Crippen LogP contribution is -2.31. The van der Waals surface area contributed by atoms with Gasteiger partial charge >= 0.3 is 5.76 Å². The molecule has 0 saturated heterocycles. The van der Waals surface area contributed by atoms with E-state index in [0.717, 1.165) is 12.8 Å². The minimum Gasteiger partial charge on any atom is -0.393 e. The highest BCUT2D eigenvalue weighted by atomic mass is 16.5. The fraction of sp³-hybridized carbons (Fsp3) is 0.682. The number of hydrogen-bond acceptors (Lipinski definition) is 9. The molecule has 178 valence electrons. The lowest BCUT2D eigenvalue weighted by molar-refractivity contribution is 0.0848. The Labute approximate surface area is 190 Å². The zero-order valence-electron chi connectivity index (χ0n) is 18.8. The molecule has 0 amide bonds. The highest BCUT2D eigenvalue weighted by Gasteiger charge is 2.29. The second-order valence-electron chi connectivity index (χ2n) is 9.42. The van der Waals surface area contributed by atoms with Crippen LogP contribution in [-0.2, 0) is 6.54 Å². The van der Waals surface area contributed by atoms with Gasteiger partial charge in [0.05, 0.1) is 6.61 Å². The van der Waals surface area contributed by atoms with Gasteiger partial charge < -0.3 is 20.1 Å². The summed E-state index contributed by atoms with van der Waals surface area (Å²) in [5.41, 5.74) is 1.08. The summed E-state index contributed by atoms with van der Waals surface area (Å²) in [4.78, 5) is 27.8. The highest BCUT2D eigenvalue weighted by Crippen LogP contribution is 2.34. The molecule has 0 spiro atoms. The molecule has 2 atom stereocenters. The van der Waals surface area contributed by atoms with Gasteiger partial charge in [0, 0.05) is 12.6 Å². The number of rotatable bonds is 8. The van der Waals surface area contributed by atoms with E-state index in [9.17, 15) is 15.0 Å². The summed E-state index contributed by atoms with van der Waals surface area (Å²) in [6.07, 6.45) is 8.32. The van der Waals surface area contributed by atoms with E-state index in [1.807, 2.05) is 4.57 Å². The number of aromatic nitrogens is 6. The maximum Gasteiger partial charge on any atom is 0.439 e. The molecule has 2 saturated carbocycles. The van der Waals surface area contributed by atoms with Gasteiger partial charge in [0.25, 0.3) is 0 Å². The van der Waals surface area contributed by atoms with Crippen LogP contribution in [-0.4, -0.2) is 52.5 Å². The van der Waals surface area contributed by atoms with Crippen molar-refractivity contribution in [2.24, 2.45) is 11.8 Å². The maximum atomic E-state index is 11.5. The third-order valence-corrected chi connectivity index (χ3v) is 7.14. The fourth-order valence-corrected chi connectivity index (χ4v) is 5.01. The molecular formula is C22H31N7O4. The van der Waals surface area contributed by atoms with Crippen LogP contribution < -0.4 is 11.1 Å². The zero-order valence-corrected chi connectivity index (χ0v) is 18.8. The molecule has 1 unspecified atom stereocenters. The number of aliphatic hydroxyl groups excluding tert-OH is 2. The average Bonchev–Trinajstić information content (AvgIpc) is 3.36. The van der Waals surface area contributed by atoms with Crippen LogP contribution in [0.2, 0.25) is 0 Å². The Bertz CT molecular complexity index is 1160. The summed E-state index contributed by atoms with van der Waals surface area (Å²) in [6, 6.07) is 0.185. The number of imidazole rings is 1. The number of hydrogen-bond donors (Lipinski definition) is 4. The van der Waals surface area contributed by atoms with E-state index in [4.69, 9.17) is 4.98 Å². The highest BCUT2D eigenvalue weighted by molar-refractivity contribution is 5.85. The quantitative estimate of drug-likeness (QED) is 0.399. The van der Waals surface area contributed by atoms with Crippen molar-refractivity contribution in [3.8, 4) is 11.6 Å². The molecule has 2 aliphatic rings. The summed E-state index contributed by atoms with van der Waals surface area (Å²) < 4.78 is 6.61. The summed E-state index contributed by atoms with van der Waals surface area (Å²) in [5, 5.41) is 27.5. The Hall–Kier alpha value is -2.79. The Kier molecular flexibility index (Phi) is 6.15. The van der Waals surface area contributed by atoms with E-state index in [0.29, 0.717) is 41.2 Å². The van der Waals surface area contributed by atoms with E-state index in [1.165, 1.54) is 38.5 Å². The largest absolute Gasteiger partial charge is 0.439 e. The van der Waals surface area contributed by atoms with Crippen LogP contribution in [0.1, 0.15) is 70.2 Å². The van der Waals surface area contributed by atoms with Crippen molar-refractivity contribution in [3.63, 3.8) is 0 Å². The molecule has 3 aromatic rings. The maximum absolute atomic E-state index is 11.5. The van der Waals surface area contributed by atoms with E-state index in [-0.39, 0.29) is 17.7 Å². The monoisotopic (exact) mass is 457 g/mol. The summed E-state index contributed by atoms with van der Waals surface area (Å²) in [5.74, 6) is 1.59. The zero-order chi connectivity index (χ0) is 22.9. The molecule has 2 aliphatic carbocycles. The second-order valence-corrected chi connectivity index (χ2v) is 9.42. The summed E-state index contributed by atoms with van der Waals surface area (Å²) >= 11 is 0. The first-order chi connectivity index (χ1) is 16.0. The third kappa shape index (κ3) is 4.39. The Balaban J connectivity index is 1.64. The van der Waals surface area contributed by atoms with Crippen LogP contribution >= 0.6 is 0 Å². The van der Waals surface area contributed by atoms with Crippen molar-refractivity contribution in [3.05, 3.63) is 16.4 Å². The van der Waals surface area contributed by atoms with Crippen LogP contribution in [0.4, 0.5) is 5.82 Å². The van der Waals surface area contributed by atoms with Crippen LogP contribution in [0, 0.1) is 11.8 Å². The van der Waals surface area contributed by atoms with Crippen molar-refractivity contribution in [2.45, 2.75) is 77.0 Å². The predicted molar refractivity (Wildman–Crippen MR) is 120 cm³/mol. The molecule has 33 heavy (non-hydrogen) atoms. The Morgan fingerprint density at radius 2 is 1.94 bits per heavy atom. The first-order valence-corrected chi connectivity index (χ1v) is 11.9. The predicted octanol–water partition coefficient (Wildman–Crippen LogP) is 2.38. The number of aromatic amines is 1. The van der Waals surface area contributed by atoms with Crippen LogP contribution in [0.15, 0.2) is 9.32 Å². The first-order valence-electron chi connectivity index (χ1n) is 11.9. The van der Waals surface area contributed by atoms with Gasteiger partial charge in [-0.3, -0.25) is 9.51 Å². The molecule has 0 aromatic carbocycles. The van der Waals surface area contributed by atoms with E-state index < -0.39 is 18.5 Å². The van der Waals surface area contributed by atoms with E-state index in [2.05, 4.69) is 36.9 Å². The number of nitrogens with one attached hydrogen (secondary N) is 2. The van der Waals surface area contributed by atoms with Gasteiger partial charge in [0.15, 0.2) is 11.5 Å². The van der Waals surface area contributed by atoms with Crippen LogP contribution in [0.3, 0.4) is 0 Å². The summed E-state index contributed by atoms with van der Waals surface area (Å²) in [7, 11) is 0. The molecule has 3 heterocycles.